The molecule has 1 N–H and O–H groups in total. The monoisotopic (exact) mass is 429 g/mol. The van der Waals surface area contributed by atoms with E-state index in [2.05, 4.69) is 15.1 Å². The van der Waals surface area contributed by atoms with Crippen molar-refractivity contribution in [3.63, 3.8) is 0 Å². The van der Waals surface area contributed by atoms with Gasteiger partial charge in [-0.1, -0.05) is 11.6 Å². The lowest BCUT2D eigenvalue weighted by atomic mass is 10.1. The fraction of sp³-hybridized carbons (Fsp3) is 0.391. The van der Waals surface area contributed by atoms with Crippen LogP contribution in [0.2, 0.25) is 5.02 Å². The SMILES string of the molecule is COc1cc(Cl)c(C)cc1NC(=O)C(C)N1CCN(c2ccc(C(C)=O)cc2)CC1. The van der Waals surface area contributed by atoms with E-state index in [4.69, 9.17) is 16.3 Å². The second-order valence-electron chi connectivity index (χ2n) is 7.59. The predicted molar refractivity (Wildman–Crippen MR) is 121 cm³/mol. The minimum atomic E-state index is -0.270. The average molecular weight is 430 g/mol. The van der Waals surface area contributed by atoms with Crippen molar-refractivity contribution in [1.29, 1.82) is 0 Å². The number of piperazine rings is 1. The number of nitrogens with one attached hydrogen (secondary N) is 1. The van der Waals surface area contributed by atoms with E-state index in [9.17, 15) is 9.59 Å². The number of hydrogen-bond donors (Lipinski definition) is 1. The van der Waals surface area contributed by atoms with Crippen LogP contribution >= 0.6 is 11.6 Å². The number of aryl methyl sites for hydroxylation is 1. The summed E-state index contributed by atoms with van der Waals surface area (Å²) in [6.45, 7) is 8.58. The van der Waals surface area contributed by atoms with Crippen molar-refractivity contribution in [3.05, 3.63) is 52.5 Å². The van der Waals surface area contributed by atoms with Gasteiger partial charge in [-0.2, -0.15) is 0 Å². The van der Waals surface area contributed by atoms with Crippen LogP contribution in [0.15, 0.2) is 36.4 Å². The number of benzene rings is 2. The first kappa shape index (κ1) is 22.1. The Morgan fingerprint density at radius 2 is 1.73 bits per heavy atom. The van der Waals surface area contributed by atoms with Gasteiger partial charge < -0.3 is 15.0 Å². The summed E-state index contributed by atoms with van der Waals surface area (Å²) in [5.41, 5.74) is 3.32. The number of ether oxygens (including phenoxy) is 1. The van der Waals surface area contributed by atoms with Gasteiger partial charge in [-0.15, -0.1) is 0 Å². The molecule has 1 aliphatic heterocycles. The molecule has 1 aliphatic rings. The average Bonchev–Trinajstić information content (AvgIpc) is 2.75. The number of anilines is 2. The highest BCUT2D eigenvalue weighted by molar-refractivity contribution is 6.31. The van der Waals surface area contributed by atoms with E-state index < -0.39 is 0 Å². The standard InChI is InChI=1S/C23H28ClN3O3/c1-15-13-21(22(30-4)14-20(15)24)25-23(29)16(2)26-9-11-27(12-10-26)19-7-5-18(6-8-19)17(3)28/h5-8,13-14,16H,9-12H2,1-4H3,(H,25,29). The number of amides is 1. The molecule has 1 unspecified atom stereocenters. The van der Waals surface area contributed by atoms with E-state index in [0.717, 1.165) is 43.0 Å². The Kier molecular flexibility index (Phi) is 7.00. The van der Waals surface area contributed by atoms with E-state index in [1.807, 2.05) is 44.2 Å². The third-order valence-corrected chi connectivity index (χ3v) is 6.03. The van der Waals surface area contributed by atoms with Crippen molar-refractivity contribution in [2.75, 3.05) is 43.5 Å². The van der Waals surface area contributed by atoms with Crippen molar-refractivity contribution in [1.82, 2.24) is 4.90 Å². The van der Waals surface area contributed by atoms with Crippen molar-refractivity contribution < 1.29 is 14.3 Å². The first-order valence-corrected chi connectivity index (χ1v) is 10.4. The first-order chi connectivity index (χ1) is 14.3. The van der Waals surface area contributed by atoms with Crippen molar-refractivity contribution >= 4 is 34.7 Å². The molecule has 1 saturated heterocycles. The summed E-state index contributed by atoms with van der Waals surface area (Å²) < 4.78 is 5.35. The molecule has 1 atom stereocenters. The minimum absolute atomic E-state index is 0.0683. The molecule has 2 aromatic rings. The molecule has 7 heteroatoms. The summed E-state index contributed by atoms with van der Waals surface area (Å²) in [6.07, 6.45) is 0. The van der Waals surface area contributed by atoms with E-state index in [-0.39, 0.29) is 17.7 Å². The maximum absolute atomic E-state index is 12.8. The first-order valence-electron chi connectivity index (χ1n) is 10.0. The third-order valence-electron chi connectivity index (χ3n) is 5.62. The van der Waals surface area contributed by atoms with Crippen LogP contribution in [0.1, 0.15) is 29.8 Å². The summed E-state index contributed by atoms with van der Waals surface area (Å²) in [6, 6.07) is 11.0. The number of nitrogens with zero attached hydrogens (tertiary/aromatic N) is 2. The van der Waals surface area contributed by atoms with Gasteiger partial charge in [-0.05, 0) is 56.7 Å². The molecule has 160 valence electrons. The van der Waals surface area contributed by atoms with Gasteiger partial charge >= 0.3 is 0 Å². The Hall–Kier alpha value is -2.57. The molecule has 0 radical (unpaired) electrons. The van der Waals surface area contributed by atoms with Crippen LogP contribution in [-0.2, 0) is 4.79 Å². The minimum Gasteiger partial charge on any atom is -0.495 e. The summed E-state index contributed by atoms with van der Waals surface area (Å²) in [4.78, 5) is 28.7. The summed E-state index contributed by atoms with van der Waals surface area (Å²) in [5.74, 6) is 0.540. The van der Waals surface area contributed by atoms with Crippen molar-refractivity contribution in [2.24, 2.45) is 0 Å². The maximum Gasteiger partial charge on any atom is 0.241 e. The van der Waals surface area contributed by atoms with Crippen LogP contribution in [0.25, 0.3) is 0 Å². The number of Topliss-reactive ketones (excluding diaryl/α,β-unsaturated/α-hetero) is 1. The van der Waals surface area contributed by atoms with Crippen molar-refractivity contribution in [3.8, 4) is 5.75 Å². The Labute approximate surface area is 182 Å². The van der Waals surface area contributed by atoms with Gasteiger partial charge in [0.2, 0.25) is 5.91 Å². The highest BCUT2D eigenvalue weighted by Gasteiger charge is 2.26. The molecule has 0 aliphatic carbocycles. The van der Waals surface area contributed by atoms with Gasteiger partial charge in [0.15, 0.2) is 5.78 Å². The Bertz CT molecular complexity index is 922. The van der Waals surface area contributed by atoms with Gasteiger partial charge in [-0.3, -0.25) is 14.5 Å². The van der Waals surface area contributed by atoms with Crippen LogP contribution in [0.4, 0.5) is 11.4 Å². The quantitative estimate of drug-likeness (QED) is 0.703. The molecule has 1 amide bonds. The molecule has 1 fully saturated rings. The molecule has 1 heterocycles. The molecule has 0 spiro atoms. The lowest BCUT2D eigenvalue weighted by Crippen LogP contribution is -2.52. The van der Waals surface area contributed by atoms with Gasteiger partial charge in [0.05, 0.1) is 18.8 Å². The summed E-state index contributed by atoms with van der Waals surface area (Å²) in [7, 11) is 1.56. The number of ketones is 1. The molecular formula is C23H28ClN3O3. The zero-order chi connectivity index (χ0) is 21.8. The topological polar surface area (TPSA) is 61.9 Å². The lowest BCUT2D eigenvalue weighted by molar-refractivity contribution is -0.120. The number of rotatable bonds is 6. The number of halogens is 1. The number of carbonyl (C=O) groups is 2. The smallest absolute Gasteiger partial charge is 0.241 e. The van der Waals surface area contributed by atoms with E-state index in [1.165, 1.54) is 0 Å². The molecule has 6 nitrogen and oxygen atoms in total. The van der Waals surface area contributed by atoms with Crippen LogP contribution < -0.4 is 15.0 Å². The Morgan fingerprint density at radius 1 is 1.10 bits per heavy atom. The normalized spacial score (nSPS) is 15.6. The Balaban J connectivity index is 1.59. The number of hydrogen-bond acceptors (Lipinski definition) is 5. The van der Waals surface area contributed by atoms with Gasteiger partial charge in [0.25, 0.3) is 0 Å². The zero-order valence-corrected chi connectivity index (χ0v) is 18.6. The fourth-order valence-electron chi connectivity index (χ4n) is 3.61. The fourth-order valence-corrected chi connectivity index (χ4v) is 3.76. The van der Waals surface area contributed by atoms with Crippen LogP contribution in [0.5, 0.6) is 5.75 Å². The number of carbonyl (C=O) groups excluding carboxylic acids is 2. The molecule has 0 bridgehead atoms. The van der Waals surface area contributed by atoms with E-state index in [1.54, 1.807) is 20.1 Å². The van der Waals surface area contributed by atoms with Gasteiger partial charge in [-0.25, -0.2) is 0 Å². The molecule has 3 rings (SSSR count). The second kappa shape index (κ2) is 9.49. The van der Waals surface area contributed by atoms with E-state index >= 15 is 0 Å². The van der Waals surface area contributed by atoms with Crippen molar-refractivity contribution in [2.45, 2.75) is 26.8 Å². The highest BCUT2D eigenvalue weighted by atomic mass is 35.5. The highest BCUT2D eigenvalue weighted by Crippen LogP contribution is 2.31. The van der Waals surface area contributed by atoms with Crippen LogP contribution in [0.3, 0.4) is 0 Å². The van der Waals surface area contributed by atoms with Gasteiger partial charge in [0.1, 0.15) is 5.75 Å². The molecule has 0 aromatic heterocycles. The zero-order valence-electron chi connectivity index (χ0n) is 17.9. The van der Waals surface area contributed by atoms with Gasteiger partial charge in [0, 0.05) is 48.5 Å². The number of methoxy groups -OCH3 is 1. The van der Waals surface area contributed by atoms with Crippen LogP contribution in [0, 0.1) is 6.92 Å². The Morgan fingerprint density at radius 3 is 2.30 bits per heavy atom. The predicted octanol–water partition coefficient (Wildman–Crippen LogP) is 4.01. The third kappa shape index (κ3) is 4.94. The second-order valence-corrected chi connectivity index (χ2v) is 8.00. The lowest BCUT2D eigenvalue weighted by Gasteiger charge is -2.38. The largest absolute Gasteiger partial charge is 0.495 e. The summed E-state index contributed by atoms with van der Waals surface area (Å²) >= 11 is 6.15. The molecular weight excluding hydrogens is 402 g/mol. The maximum atomic E-state index is 12.8. The van der Waals surface area contributed by atoms with Crippen LogP contribution in [-0.4, -0.2) is 55.9 Å². The molecule has 0 saturated carbocycles. The molecule has 2 aromatic carbocycles. The summed E-state index contributed by atoms with van der Waals surface area (Å²) in [5, 5.41) is 3.58. The van der Waals surface area contributed by atoms with E-state index in [0.29, 0.717) is 16.5 Å². The molecule has 30 heavy (non-hydrogen) atoms.